The molecule has 82 valence electrons. The van der Waals surface area contributed by atoms with Gasteiger partial charge in [-0.15, -0.1) is 11.6 Å². The number of ether oxygens (including phenoxy) is 1. The summed E-state index contributed by atoms with van der Waals surface area (Å²) >= 11 is 8.85. The Morgan fingerprint density at radius 2 is 2.20 bits per heavy atom. The molecule has 1 aromatic carbocycles. The van der Waals surface area contributed by atoms with Crippen LogP contribution in [0.25, 0.3) is 0 Å². The quantitative estimate of drug-likeness (QED) is 0.849. The summed E-state index contributed by atoms with van der Waals surface area (Å²) in [4.78, 5) is 10.4. The standard InChI is InChI=1S/C10H10BrClO3/c11-8-4-2-1-3-7(8)5-15-6-9(12)10(13)14/h1-4,9H,5-6H2,(H,13,14). The van der Waals surface area contributed by atoms with Crippen LogP contribution in [0.15, 0.2) is 28.7 Å². The van der Waals surface area contributed by atoms with Gasteiger partial charge in [0.2, 0.25) is 0 Å². The lowest BCUT2D eigenvalue weighted by Gasteiger charge is -2.07. The highest BCUT2D eigenvalue weighted by Gasteiger charge is 2.13. The summed E-state index contributed by atoms with van der Waals surface area (Å²) in [6.45, 7) is 0.343. The third kappa shape index (κ3) is 4.20. The minimum atomic E-state index is -1.07. The van der Waals surface area contributed by atoms with Crippen LogP contribution in [0.4, 0.5) is 0 Å². The highest BCUT2D eigenvalue weighted by molar-refractivity contribution is 9.10. The lowest BCUT2D eigenvalue weighted by atomic mass is 10.2. The lowest BCUT2D eigenvalue weighted by molar-refractivity contribution is -0.137. The first-order valence-corrected chi connectivity index (χ1v) is 5.52. The number of halogens is 2. The van der Waals surface area contributed by atoms with Gasteiger partial charge in [-0.3, -0.25) is 4.79 Å². The van der Waals surface area contributed by atoms with Crippen LogP contribution >= 0.6 is 27.5 Å². The van der Waals surface area contributed by atoms with Crippen molar-refractivity contribution in [3.05, 3.63) is 34.3 Å². The molecular formula is C10H10BrClO3. The van der Waals surface area contributed by atoms with Crippen LogP contribution < -0.4 is 0 Å². The number of alkyl halides is 1. The average molecular weight is 294 g/mol. The zero-order chi connectivity index (χ0) is 11.3. The molecular weight excluding hydrogens is 283 g/mol. The van der Waals surface area contributed by atoms with Gasteiger partial charge in [-0.05, 0) is 11.6 Å². The Balaban J connectivity index is 2.38. The molecule has 0 bridgehead atoms. The molecule has 0 amide bonds. The Morgan fingerprint density at radius 1 is 1.53 bits per heavy atom. The number of hydrogen-bond acceptors (Lipinski definition) is 2. The molecule has 0 aliphatic heterocycles. The van der Waals surface area contributed by atoms with E-state index in [9.17, 15) is 4.79 Å². The highest BCUT2D eigenvalue weighted by Crippen LogP contribution is 2.16. The highest BCUT2D eigenvalue weighted by atomic mass is 79.9. The molecule has 0 heterocycles. The van der Waals surface area contributed by atoms with Crippen molar-refractivity contribution in [2.24, 2.45) is 0 Å². The van der Waals surface area contributed by atoms with Crippen molar-refractivity contribution in [1.29, 1.82) is 0 Å². The van der Waals surface area contributed by atoms with Crippen molar-refractivity contribution < 1.29 is 14.6 Å². The van der Waals surface area contributed by atoms with Gasteiger partial charge in [-0.2, -0.15) is 0 Å². The van der Waals surface area contributed by atoms with Crippen LogP contribution in [-0.4, -0.2) is 23.1 Å². The van der Waals surface area contributed by atoms with Crippen LogP contribution in [0.2, 0.25) is 0 Å². The van der Waals surface area contributed by atoms with Crippen molar-refractivity contribution in [3.63, 3.8) is 0 Å². The molecule has 0 radical (unpaired) electrons. The average Bonchev–Trinajstić information content (AvgIpc) is 2.20. The number of aliphatic carboxylic acids is 1. The number of carbonyl (C=O) groups is 1. The Morgan fingerprint density at radius 3 is 2.80 bits per heavy atom. The van der Waals surface area contributed by atoms with E-state index in [1.165, 1.54) is 0 Å². The second-order valence-corrected chi connectivity index (χ2v) is 4.29. The summed E-state index contributed by atoms with van der Waals surface area (Å²) < 4.78 is 6.12. The van der Waals surface area contributed by atoms with Crippen LogP contribution in [0.1, 0.15) is 5.56 Å². The third-order valence-corrected chi connectivity index (χ3v) is 2.83. The number of benzene rings is 1. The molecule has 0 spiro atoms. The van der Waals surface area contributed by atoms with Crippen molar-refractivity contribution in [3.8, 4) is 0 Å². The molecule has 0 saturated carbocycles. The van der Waals surface area contributed by atoms with Gasteiger partial charge in [0, 0.05) is 4.47 Å². The number of carboxylic acid groups (broad SMARTS) is 1. The van der Waals surface area contributed by atoms with Crippen molar-refractivity contribution in [2.75, 3.05) is 6.61 Å². The Kier molecular flexibility index (Phi) is 5.08. The normalized spacial score (nSPS) is 12.4. The number of carboxylic acids is 1. The van der Waals surface area contributed by atoms with Gasteiger partial charge >= 0.3 is 5.97 Å². The van der Waals surface area contributed by atoms with E-state index in [1.54, 1.807) is 0 Å². The summed E-state index contributed by atoms with van der Waals surface area (Å²) in [6.07, 6.45) is 0. The van der Waals surface area contributed by atoms with Gasteiger partial charge in [0.05, 0.1) is 13.2 Å². The van der Waals surface area contributed by atoms with Crippen molar-refractivity contribution in [1.82, 2.24) is 0 Å². The molecule has 1 atom stereocenters. The maximum absolute atomic E-state index is 10.4. The van der Waals surface area contributed by atoms with E-state index < -0.39 is 11.3 Å². The molecule has 0 saturated heterocycles. The molecule has 1 aromatic rings. The fourth-order valence-electron chi connectivity index (χ4n) is 0.959. The molecule has 0 fully saturated rings. The SMILES string of the molecule is O=C(O)C(Cl)COCc1ccccc1Br. The Labute approximate surface area is 101 Å². The number of rotatable bonds is 5. The van der Waals surface area contributed by atoms with Gasteiger partial charge in [0.25, 0.3) is 0 Å². The predicted octanol–water partition coefficient (Wildman–Crippen LogP) is 2.66. The molecule has 1 unspecified atom stereocenters. The lowest BCUT2D eigenvalue weighted by Crippen LogP contribution is -2.19. The van der Waals surface area contributed by atoms with E-state index in [4.69, 9.17) is 21.4 Å². The van der Waals surface area contributed by atoms with Crippen LogP contribution in [-0.2, 0) is 16.1 Å². The van der Waals surface area contributed by atoms with Gasteiger partial charge in [0.1, 0.15) is 0 Å². The topological polar surface area (TPSA) is 46.5 Å². The van der Waals surface area contributed by atoms with Crippen LogP contribution in [0, 0.1) is 0 Å². The first kappa shape index (κ1) is 12.5. The van der Waals surface area contributed by atoms with Gasteiger partial charge in [0.15, 0.2) is 5.38 Å². The molecule has 1 N–H and O–H groups in total. The maximum Gasteiger partial charge on any atom is 0.324 e. The summed E-state index contributed by atoms with van der Waals surface area (Å²) in [5.74, 6) is -1.07. The maximum atomic E-state index is 10.4. The van der Waals surface area contributed by atoms with E-state index in [1.807, 2.05) is 24.3 Å². The summed E-state index contributed by atoms with van der Waals surface area (Å²) in [7, 11) is 0. The second kappa shape index (κ2) is 6.10. The second-order valence-electron chi connectivity index (χ2n) is 2.91. The molecule has 5 heteroatoms. The van der Waals surface area contributed by atoms with Crippen molar-refractivity contribution >= 4 is 33.5 Å². The van der Waals surface area contributed by atoms with E-state index in [-0.39, 0.29) is 6.61 Å². The van der Waals surface area contributed by atoms with Crippen LogP contribution in [0.3, 0.4) is 0 Å². The molecule has 0 aliphatic rings. The first-order chi connectivity index (χ1) is 7.11. The van der Waals surface area contributed by atoms with Crippen molar-refractivity contribution in [2.45, 2.75) is 12.0 Å². The third-order valence-electron chi connectivity index (χ3n) is 1.75. The Hall–Kier alpha value is -0.580. The minimum absolute atomic E-state index is 0.00176. The van der Waals surface area contributed by atoms with Gasteiger partial charge < -0.3 is 9.84 Å². The smallest absolute Gasteiger partial charge is 0.324 e. The Bertz CT molecular complexity index is 343. The summed E-state index contributed by atoms with van der Waals surface area (Å²) in [5.41, 5.74) is 0.965. The first-order valence-electron chi connectivity index (χ1n) is 4.29. The number of hydrogen-bond donors (Lipinski definition) is 1. The van der Waals surface area contributed by atoms with E-state index in [0.29, 0.717) is 6.61 Å². The zero-order valence-corrected chi connectivity index (χ0v) is 10.2. The van der Waals surface area contributed by atoms with E-state index in [2.05, 4.69) is 15.9 Å². The summed E-state index contributed by atoms with van der Waals surface area (Å²) in [5, 5.41) is 7.52. The predicted molar refractivity (Wildman–Crippen MR) is 61.1 cm³/mol. The van der Waals surface area contributed by atoms with Gasteiger partial charge in [-0.1, -0.05) is 34.1 Å². The zero-order valence-electron chi connectivity index (χ0n) is 7.82. The molecule has 0 aliphatic carbocycles. The van der Waals surface area contributed by atoms with Crippen LogP contribution in [0.5, 0.6) is 0 Å². The summed E-state index contributed by atoms with van der Waals surface area (Å²) in [6, 6.07) is 7.58. The molecule has 15 heavy (non-hydrogen) atoms. The van der Waals surface area contributed by atoms with E-state index in [0.717, 1.165) is 10.0 Å². The minimum Gasteiger partial charge on any atom is -0.480 e. The molecule has 0 aromatic heterocycles. The largest absolute Gasteiger partial charge is 0.480 e. The molecule has 3 nitrogen and oxygen atoms in total. The van der Waals surface area contributed by atoms with Gasteiger partial charge in [-0.25, -0.2) is 0 Å². The molecule has 1 rings (SSSR count). The fraction of sp³-hybridized carbons (Fsp3) is 0.300. The monoisotopic (exact) mass is 292 g/mol. The van der Waals surface area contributed by atoms with E-state index >= 15 is 0 Å². The fourth-order valence-corrected chi connectivity index (χ4v) is 1.45.